The summed E-state index contributed by atoms with van der Waals surface area (Å²) in [6, 6.07) is 5.40. The highest BCUT2D eigenvalue weighted by molar-refractivity contribution is 6.31. The molecule has 0 aromatic heterocycles. The van der Waals surface area contributed by atoms with Crippen molar-refractivity contribution in [2.75, 3.05) is 7.11 Å². The Hall–Kier alpha value is -1.26. The zero-order chi connectivity index (χ0) is 13.8. The average Bonchev–Trinajstić information content (AvgIpc) is 2.37. The Morgan fingerprint density at radius 3 is 2.72 bits per heavy atom. The lowest BCUT2D eigenvalue weighted by atomic mass is 9.97. The first-order valence-electron chi connectivity index (χ1n) is 5.80. The number of rotatable bonds is 6. The lowest BCUT2D eigenvalue weighted by molar-refractivity contribution is -0.124. The van der Waals surface area contributed by atoms with Crippen LogP contribution >= 0.6 is 11.6 Å². The third-order valence-corrected chi connectivity index (χ3v) is 3.54. The minimum absolute atomic E-state index is 0.371. The summed E-state index contributed by atoms with van der Waals surface area (Å²) in [5.41, 5.74) is 5.52. The normalized spacial score (nSPS) is 14.0. The fourth-order valence-corrected chi connectivity index (χ4v) is 1.67. The number of hydrogen-bond acceptors (Lipinski definition) is 3. The second kappa shape index (κ2) is 6.07. The van der Waals surface area contributed by atoms with Crippen LogP contribution in [0.4, 0.5) is 0 Å². The minimum Gasteiger partial charge on any atom is -0.497 e. The first-order chi connectivity index (χ1) is 8.42. The van der Waals surface area contributed by atoms with Crippen molar-refractivity contribution in [2.45, 2.75) is 32.4 Å². The zero-order valence-corrected chi connectivity index (χ0v) is 11.7. The number of nitrogens with two attached hydrogens (primary N) is 1. The van der Waals surface area contributed by atoms with Crippen LogP contribution in [0, 0.1) is 0 Å². The molecule has 1 rings (SSSR count). The summed E-state index contributed by atoms with van der Waals surface area (Å²) in [5.74, 6) is 0.359. The van der Waals surface area contributed by atoms with Crippen molar-refractivity contribution in [1.29, 1.82) is 0 Å². The summed E-state index contributed by atoms with van der Waals surface area (Å²) < 4.78 is 5.14. The van der Waals surface area contributed by atoms with E-state index in [4.69, 9.17) is 22.1 Å². The molecule has 1 amide bonds. The SMILES string of the molecule is CC[C@](C)(NCc1cc(OC)ccc1Cl)C(N)=O. The van der Waals surface area contributed by atoms with E-state index < -0.39 is 5.54 Å². The fourth-order valence-electron chi connectivity index (χ4n) is 1.49. The van der Waals surface area contributed by atoms with Gasteiger partial charge in [-0.25, -0.2) is 0 Å². The number of ether oxygens (including phenoxy) is 1. The molecule has 0 saturated carbocycles. The van der Waals surface area contributed by atoms with Gasteiger partial charge in [0, 0.05) is 11.6 Å². The molecule has 0 bridgehead atoms. The van der Waals surface area contributed by atoms with Crippen molar-refractivity contribution in [3.05, 3.63) is 28.8 Å². The number of halogens is 1. The van der Waals surface area contributed by atoms with Crippen LogP contribution < -0.4 is 15.8 Å². The summed E-state index contributed by atoms with van der Waals surface area (Å²) in [4.78, 5) is 11.4. The van der Waals surface area contributed by atoms with Gasteiger partial charge in [0.25, 0.3) is 0 Å². The number of carbonyl (C=O) groups excluding carboxylic acids is 1. The van der Waals surface area contributed by atoms with Gasteiger partial charge in [-0.05, 0) is 37.1 Å². The van der Waals surface area contributed by atoms with Gasteiger partial charge in [-0.15, -0.1) is 0 Å². The Morgan fingerprint density at radius 1 is 1.56 bits per heavy atom. The molecule has 1 aromatic rings. The van der Waals surface area contributed by atoms with E-state index in [0.717, 1.165) is 11.3 Å². The molecule has 3 N–H and O–H groups in total. The number of carbonyl (C=O) groups is 1. The molecule has 4 nitrogen and oxygen atoms in total. The number of methoxy groups -OCH3 is 1. The minimum atomic E-state index is -0.730. The number of hydrogen-bond donors (Lipinski definition) is 2. The summed E-state index contributed by atoms with van der Waals surface area (Å²) in [5, 5.41) is 3.77. The topological polar surface area (TPSA) is 64.3 Å². The highest BCUT2D eigenvalue weighted by atomic mass is 35.5. The fraction of sp³-hybridized carbons (Fsp3) is 0.462. The van der Waals surface area contributed by atoms with Crippen LogP contribution in [0.2, 0.25) is 5.02 Å². The molecule has 0 fully saturated rings. The molecular weight excluding hydrogens is 252 g/mol. The van der Waals surface area contributed by atoms with Crippen LogP contribution in [0.3, 0.4) is 0 Å². The van der Waals surface area contributed by atoms with Crippen molar-refractivity contribution in [1.82, 2.24) is 5.32 Å². The van der Waals surface area contributed by atoms with Gasteiger partial charge in [-0.2, -0.15) is 0 Å². The molecule has 0 radical (unpaired) electrons. The Kier molecular flexibility index (Phi) is 4.99. The molecule has 5 heteroatoms. The van der Waals surface area contributed by atoms with Crippen LogP contribution in [0.5, 0.6) is 5.75 Å². The molecule has 0 unspecified atom stereocenters. The number of amides is 1. The van der Waals surface area contributed by atoms with Gasteiger partial charge in [-0.1, -0.05) is 18.5 Å². The van der Waals surface area contributed by atoms with Crippen molar-refractivity contribution >= 4 is 17.5 Å². The standard InChI is InChI=1S/C13H19ClN2O2/c1-4-13(2,12(15)17)16-8-9-7-10(18-3)5-6-11(9)14/h5-7,16H,4,8H2,1-3H3,(H2,15,17)/t13-/m0/s1. The first kappa shape index (κ1) is 14.8. The maximum absolute atomic E-state index is 11.4. The Balaban J connectivity index is 2.82. The number of primary amides is 1. The van der Waals surface area contributed by atoms with E-state index >= 15 is 0 Å². The molecule has 0 heterocycles. The predicted molar refractivity (Wildman–Crippen MR) is 72.7 cm³/mol. The molecule has 0 aliphatic carbocycles. The lowest BCUT2D eigenvalue weighted by Crippen LogP contribution is -2.52. The monoisotopic (exact) mass is 270 g/mol. The smallest absolute Gasteiger partial charge is 0.237 e. The first-order valence-corrected chi connectivity index (χ1v) is 6.18. The molecule has 0 spiro atoms. The molecule has 100 valence electrons. The maximum Gasteiger partial charge on any atom is 0.237 e. The zero-order valence-electron chi connectivity index (χ0n) is 10.9. The third-order valence-electron chi connectivity index (χ3n) is 3.17. The summed E-state index contributed by atoms with van der Waals surface area (Å²) in [7, 11) is 1.60. The average molecular weight is 271 g/mol. The molecule has 1 atom stereocenters. The molecular formula is C13H19ClN2O2. The van der Waals surface area contributed by atoms with Gasteiger partial charge < -0.3 is 10.5 Å². The van der Waals surface area contributed by atoms with Crippen molar-refractivity contribution < 1.29 is 9.53 Å². The van der Waals surface area contributed by atoms with Gasteiger partial charge in [0.1, 0.15) is 5.75 Å². The second-order valence-electron chi connectivity index (χ2n) is 4.36. The lowest BCUT2D eigenvalue weighted by Gasteiger charge is -2.26. The summed E-state index contributed by atoms with van der Waals surface area (Å²) in [6.07, 6.45) is 0.615. The van der Waals surface area contributed by atoms with Crippen molar-refractivity contribution in [3.8, 4) is 5.75 Å². The van der Waals surface area contributed by atoms with Gasteiger partial charge in [0.15, 0.2) is 0 Å². The highest BCUT2D eigenvalue weighted by Crippen LogP contribution is 2.22. The Bertz CT molecular complexity index is 437. The van der Waals surface area contributed by atoms with Crippen LogP contribution in [0.25, 0.3) is 0 Å². The molecule has 1 aromatic carbocycles. The van der Waals surface area contributed by atoms with E-state index in [0.29, 0.717) is 18.0 Å². The second-order valence-corrected chi connectivity index (χ2v) is 4.77. The third kappa shape index (κ3) is 3.37. The molecule has 18 heavy (non-hydrogen) atoms. The predicted octanol–water partition coefficient (Wildman–Crippen LogP) is 2.09. The largest absolute Gasteiger partial charge is 0.497 e. The van der Waals surface area contributed by atoms with Gasteiger partial charge in [0.05, 0.1) is 12.6 Å². The molecule has 0 saturated heterocycles. The van der Waals surface area contributed by atoms with E-state index in [9.17, 15) is 4.79 Å². The van der Waals surface area contributed by atoms with Crippen molar-refractivity contribution in [3.63, 3.8) is 0 Å². The van der Waals surface area contributed by atoms with Gasteiger partial charge >= 0.3 is 0 Å². The van der Waals surface area contributed by atoms with Gasteiger partial charge in [0.2, 0.25) is 5.91 Å². The summed E-state index contributed by atoms with van der Waals surface area (Å²) in [6.45, 7) is 4.15. The van der Waals surface area contributed by atoms with E-state index in [-0.39, 0.29) is 5.91 Å². The summed E-state index contributed by atoms with van der Waals surface area (Å²) >= 11 is 6.09. The van der Waals surface area contributed by atoms with Crippen LogP contribution in [-0.2, 0) is 11.3 Å². The van der Waals surface area contributed by atoms with Crippen LogP contribution in [0.15, 0.2) is 18.2 Å². The maximum atomic E-state index is 11.4. The van der Waals surface area contributed by atoms with Crippen LogP contribution in [-0.4, -0.2) is 18.6 Å². The van der Waals surface area contributed by atoms with Gasteiger partial charge in [-0.3, -0.25) is 10.1 Å². The quantitative estimate of drug-likeness (QED) is 0.832. The van der Waals surface area contributed by atoms with E-state index in [1.54, 1.807) is 26.2 Å². The van der Waals surface area contributed by atoms with E-state index in [1.165, 1.54) is 0 Å². The molecule has 0 aliphatic rings. The van der Waals surface area contributed by atoms with E-state index in [2.05, 4.69) is 5.32 Å². The van der Waals surface area contributed by atoms with Crippen LogP contribution in [0.1, 0.15) is 25.8 Å². The Labute approximate surface area is 112 Å². The van der Waals surface area contributed by atoms with E-state index in [1.807, 2.05) is 13.0 Å². The number of benzene rings is 1. The van der Waals surface area contributed by atoms with Crippen molar-refractivity contribution in [2.24, 2.45) is 5.73 Å². The number of nitrogens with one attached hydrogen (secondary N) is 1. The highest BCUT2D eigenvalue weighted by Gasteiger charge is 2.28. The molecule has 0 aliphatic heterocycles. The Morgan fingerprint density at radius 2 is 2.22 bits per heavy atom.